The fourth-order valence-corrected chi connectivity index (χ4v) is 6.42. The number of hydrogen-bond acceptors (Lipinski definition) is 4. The van der Waals surface area contributed by atoms with Crippen molar-refractivity contribution in [3.8, 4) is 33.8 Å². The molecule has 0 spiro atoms. The number of ether oxygens (including phenoxy) is 1. The Labute approximate surface area is 310 Å². The molecule has 0 radical (unpaired) electrons. The molecule has 0 aliphatic heterocycles. The number of hydrogen-bond donors (Lipinski definition) is 0. The van der Waals surface area contributed by atoms with Crippen LogP contribution in [-0.2, 0) is 11.5 Å². The average Bonchev–Trinajstić information content (AvgIpc) is 3.08. The molecule has 0 aliphatic carbocycles. The van der Waals surface area contributed by atoms with Crippen LogP contribution in [0.25, 0.3) is 22.3 Å². The summed E-state index contributed by atoms with van der Waals surface area (Å²) in [6, 6.07) is 37.2. The molecule has 52 heavy (non-hydrogen) atoms. The Kier molecular flexibility index (Phi) is 12.1. The summed E-state index contributed by atoms with van der Waals surface area (Å²) in [5, 5.41) is 0. The molecular formula is C48H50O4. The summed E-state index contributed by atoms with van der Waals surface area (Å²) in [5.74, 6) is 0.677. The summed E-state index contributed by atoms with van der Waals surface area (Å²) in [4.78, 5) is 23.3. The predicted molar refractivity (Wildman–Crippen MR) is 214 cm³/mol. The van der Waals surface area contributed by atoms with Crippen LogP contribution >= 0.6 is 0 Å². The third-order valence-corrected chi connectivity index (χ3v) is 9.50. The maximum Gasteiger partial charge on any atom is 0.343 e. The highest BCUT2D eigenvalue weighted by Crippen LogP contribution is 2.32. The van der Waals surface area contributed by atoms with Crippen molar-refractivity contribution < 1.29 is 19.3 Å². The van der Waals surface area contributed by atoms with Crippen molar-refractivity contribution in [2.75, 3.05) is 0 Å². The van der Waals surface area contributed by atoms with E-state index in [0.29, 0.717) is 23.7 Å². The largest absolute Gasteiger partial charge is 0.423 e. The van der Waals surface area contributed by atoms with Gasteiger partial charge >= 0.3 is 5.97 Å². The minimum absolute atomic E-state index is 0.351. The summed E-state index contributed by atoms with van der Waals surface area (Å²) in [6.07, 6.45) is 0. The molecule has 6 aromatic carbocycles. The second kappa shape index (κ2) is 16.7. The average molecular weight is 691 g/mol. The van der Waals surface area contributed by atoms with Gasteiger partial charge in [-0.25, -0.2) is 4.79 Å². The van der Waals surface area contributed by atoms with Gasteiger partial charge in [-0.05, 0) is 160 Å². The minimum Gasteiger partial charge on any atom is -0.423 e. The topological polar surface area (TPSA) is 44.8 Å². The SMILES string of the molecule is Cc1ccc(-c2ccc(-c3ccc(C)cc3C)c(C)c2)c(C)c1.Cc1ccc(C(=O)Oc2ccc(OOCc3ccc(C)c(C)c3)c(C)c2)c(C)c1. The Morgan fingerprint density at radius 3 is 1.62 bits per heavy atom. The van der Waals surface area contributed by atoms with Crippen LogP contribution in [-0.4, -0.2) is 5.97 Å². The summed E-state index contributed by atoms with van der Waals surface area (Å²) in [6.45, 7) is 21.2. The van der Waals surface area contributed by atoms with Gasteiger partial charge in [0.05, 0.1) is 5.56 Å². The first-order valence-electron chi connectivity index (χ1n) is 17.8. The van der Waals surface area contributed by atoms with Gasteiger partial charge in [0.25, 0.3) is 0 Å². The van der Waals surface area contributed by atoms with Gasteiger partial charge in [-0.1, -0.05) is 102 Å². The molecule has 0 aliphatic rings. The van der Waals surface area contributed by atoms with Crippen molar-refractivity contribution in [3.05, 3.63) is 176 Å². The Hall–Kier alpha value is -5.45. The van der Waals surface area contributed by atoms with E-state index in [1.165, 1.54) is 61.2 Å². The van der Waals surface area contributed by atoms with Crippen molar-refractivity contribution >= 4 is 5.97 Å². The summed E-state index contributed by atoms with van der Waals surface area (Å²) < 4.78 is 5.52. The monoisotopic (exact) mass is 690 g/mol. The van der Waals surface area contributed by atoms with Gasteiger partial charge in [-0.2, -0.15) is 4.89 Å². The Balaban J connectivity index is 0.000000206. The molecule has 0 bridgehead atoms. The van der Waals surface area contributed by atoms with Crippen LogP contribution in [0.2, 0.25) is 0 Å². The lowest BCUT2D eigenvalue weighted by Gasteiger charge is -2.13. The molecule has 0 atom stereocenters. The van der Waals surface area contributed by atoms with E-state index in [-0.39, 0.29) is 5.97 Å². The lowest BCUT2D eigenvalue weighted by atomic mass is 9.91. The Bertz CT molecular complexity index is 2230. The molecule has 0 saturated carbocycles. The fraction of sp³-hybridized carbons (Fsp3) is 0.229. The van der Waals surface area contributed by atoms with E-state index in [9.17, 15) is 4.79 Å². The van der Waals surface area contributed by atoms with Crippen LogP contribution in [0.15, 0.2) is 109 Å². The third kappa shape index (κ3) is 9.45. The molecule has 6 aromatic rings. The van der Waals surface area contributed by atoms with Crippen LogP contribution in [0.4, 0.5) is 0 Å². The zero-order valence-corrected chi connectivity index (χ0v) is 32.2. The molecule has 0 heterocycles. The van der Waals surface area contributed by atoms with Crippen LogP contribution in [0.1, 0.15) is 71.6 Å². The van der Waals surface area contributed by atoms with Crippen LogP contribution in [0.5, 0.6) is 11.5 Å². The van der Waals surface area contributed by atoms with Crippen LogP contribution in [0.3, 0.4) is 0 Å². The van der Waals surface area contributed by atoms with Crippen molar-refractivity contribution in [3.63, 3.8) is 0 Å². The number of carbonyl (C=O) groups excluding carboxylic acids is 1. The van der Waals surface area contributed by atoms with Crippen LogP contribution in [0, 0.1) is 69.2 Å². The van der Waals surface area contributed by atoms with Gasteiger partial charge in [0.2, 0.25) is 0 Å². The number of benzene rings is 6. The third-order valence-electron chi connectivity index (χ3n) is 9.50. The molecule has 4 nitrogen and oxygen atoms in total. The van der Waals surface area contributed by atoms with Gasteiger partial charge < -0.3 is 9.62 Å². The first-order chi connectivity index (χ1) is 24.8. The van der Waals surface area contributed by atoms with E-state index in [1.54, 1.807) is 24.3 Å². The Morgan fingerprint density at radius 2 is 1.04 bits per heavy atom. The van der Waals surface area contributed by atoms with Gasteiger partial charge in [0.15, 0.2) is 5.75 Å². The van der Waals surface area contributed by atoms with E-state index in [0.717, 1.165) is 22.3 Å². The molecule has 266 valence electrons. The lowest BCUT2D eigenvalue weighted by Crippen LogP contribution is -2.10. The Morgan fingerprint density at radius 1 is 0.462 bits per heavy atom. The molecule has 0 aromatic heterocycles. The van der Waals surface area contributed by atoms with Gasteiger partial charge in [0.1, 0.15) is 12.4 Å². The molecule has 0 fully saturated rings. The number of esters is 1. The van der Waals surface area contributed by atoms with E-state index in [4.69, 9.17) is 14.5 Å². The van der Waals surface area contributed by atoms with Crippen LogP contribution < -0.4 is 9.62 Å². The maximum absolute atomic E-state index is 12.4. The number of carbonyl (C=O) groups is 1. The van der Waals surface area contributed by atoms with Gasteiger partial charge in [-0.15, -0.1) is 0 Å². The zero-order chi connectivity index (χ0) is 37.5. The molecule has 0 N–H and O–H groups in total. The first kappa shape index (κ1) is 37.8. The fourth-order valence-electron chi connectivity index (χ4n) is 6.42. The van der Waals surface area contributed by atoms with Crippen molar-refractivity contribution in [1.82, 2.24) is 0 Å². The predicted octanol–water partition coefficient (Wildman–Crippen LogP) is 12.5. The highest BCUT2D eigenvalue weighted by atomic mass is 17.2. The molecule has 0 saturated heterocycles. The van der Waals surface area contributed by atoms with Gasteiger partial charge in [0, 0.05) is 0 Å². The second-order valence-corrected chi connectivity index (χ2v) is 14.1. The van der Waals surface area contributed by atoms with Crippen molar-refractivity contribution in [2.24, 2.45) is 0 Å². The summed E-state index contributed by atoms with van der Waals surface area (Å²) in [7, 11) is 0. The van der Waals surface area contributed by atoms with E-state index in [2.05, 4.69) is 115 Å². The molecule has 6 rings (SSSR count). The molecule has 0 unspecified atom stereocenters. The highest BCUT2D eigenvalue weighted by Gasteiger charge is 2.13. The standard InChI is InChI=1S/C25H26O4.C23H24/c1-16-6-10-23(19(4)12-16)25(26)28-22-9-11-24(20(5)14-22)29-27-15-21-8-7-17(2)18(3)13-21;1-15-6-9-21(17(3)12-15)20-8-11-23(19(5)14-20)22-10-7-16(2)13-18(22)4/h6-14H,15H2,1-5H3;6-14H,1-5H3. The first-order valence-corrected chi connectivity index (χ1v) is 17.8. The van der Waals surface area contributed by atoms with E-state index >= 15 is 0 Å². The lowest BCUT2D eigenvalue weighted by molar-refractivity contribution is -0.218. The number of aryl methyl sites for hydroxylation is 10. The zero-order valence-electron chi connectivity index (χ0n) is 32.2. The minimum atomic E-state index is -0.374. The second-order valence-electron chi connectivity index (χ2n) is 14.1. The summed E-state index contributed by atoms with van der Waals surface area (Å²) >= 11 is 0. The summed E-state index contributed by atoms with van der Waals surface area (Å²) in [5.41, 5.74) is 18.8. The van der Waals surface area contributed by atoms with E-state index < -0.39 is 0 Å². The maximum atomic E-state index is 12.4. The molecular weight excluding hydrogens is 641 g/mol. The smallest absolute Gasteiger partial charge is 0.343 e. The molecule has 0 amide bonds. The highest BCUT2D eigenvalue weighted by molar-refractivity contribution is 5.92. The number of rotatable bonds is 8. The van der Waals surface area contributed by atoms with Crippen molar-refractivity contribution in [2.45, 2.75) is 75.8 Å². The van der Waals surface area contributed by atoms with Crippen molar-refractivity contribution in [1.29, 1.82) is 0 Å². The van der Waals surface area contributed by atoms with E-state index in [1.807, 2.05) is 39.0 Å². The molecule has 4 heteroatoms. The quantitative estimate of drug-likeness (QED) is 0.0690. The van der Waals surface area contributed by atoms with Gasteiger partial charge in [-0.3, -0.25) is 0 Å². The normalized spacial score (nSPS) is 10.7.